The average Bonchev–Trinajstić information content (AvgIpc) is 3.05. The summed E-state index contributed by atoms with van der Waals surface area (Å²) >= 11 is 2.00. The van der Waals surface area contributed by atoms with Crippen LogP contribution in [0, 0.1) is 0 Å². The molecule has 11 heteroatoms. The molecule has 1 aliphatic rings. The largest absolute Gasteiger partial charge is 0.492 e. The molecule has 4 aromatic rings. The van der Waals surface area contributed by atoms with E-state index in [2.05, 4.69) is 33.0 Å². The van der Waals surface area contributed by atoms with Crippen LogP contribution in [0.15, 0.2) is 66.9 Å². The summed E-state index contributed by atoms with van der Waals surface area (Å²) in [5, 5.41) is 10.4. The maximum absolute atomic E-state index is 13.5. The number of urea groups is 1. The lowest BCUT2D eigenvalue weighted by molar-refractivity contribution is -0.141. The first-order valence-electron chi connectivity index (χ1n) is 15.5. The zero-order chi connectivity index (χ0) is 33.7. The molecule has 1 aromatic heterocycles. The van der Waals surface area contributed by atoms with Gasteiger partial charge in [-0.05, 0) is 46.2 Å². The standard InChI is InChI=1S/C36H42N6O4S/c1-36(2,3)24-19-30(38-33(43)34(44)41(4)5)32(46-6)31(20-24)40-35(45)39-29-14-13-26(27-9-7-8-10-28(27)29)23-11-12-25(37-21-23)22-42-15-17-47-18-16-42/h7-14,19-21H,15-18,22H2,1-6H3,(H,38,43)(H2,39,40,45). The molecule has 0 radical (unpaired) electrons. The molecule has 0 unspecified atom stereocenters. The normalized spacial score (nSPS) is 13.6. The van der Waals surface area contributed by atoms with Gasteiger partial charge < -0.3 is 25.6 Å². The van der Waals surface area contributed by atoms with E-state index in [4.69, 9.17) is 9.72 Å². The smallest absolute Gasteiger partial charge is 0.323 e. The summed E-state index contributed by atoms with van der Waals surface area (Å²) in [6.07, 6.45) is 1.92. The second kappa shape index (κ2) is 14.4. The third-order valence-electron chi connectivity index (χ3n) is 8.05. The molecule has 246 valence electrons. The highest BCUT2D eigenvalue weighted by molar-refractivity contribution is 7.99. The summed E-state index contributed by atoms with van der Waals surface area (Å²) < 4.78 is 5.63. The van der Waals surface area contributed by atoms with Gasteiger partial charge in [-0.15, -0.1) is 0 Å². The number of methoxy groups -OCH3 is 1. The fourth-order valence-electron chi connectivity index (χ4n) is 5.45. The van der Waals surface area contributed by atoms with Crippen LogP contribution in [0.3, 0.4) is 0 Å². The number of pyridine rings is 1. The van der Waals surface area contributed by atoms with Crippen molar-refractivity contribution in [1.82, 2.24) is 14.8 Å². The molecule has 5 rings (SSSR count). The van der Waals surface area contributed by atoms with E-state index in [1.807, 2.05) is 81.2 Å². The topological polar surface area (TPSA) is 116 Å². The van der Waals surface area contributed by atoms with Gasteiger partial charge in [0.1, 0.15) is 0 Å². The molecular formula is C36H42N6O4S. The minimum absolute atomic E-state index is 0.225. The van der Waals surface area contributed by atoms with Crippen LogP contribution < -0.4 is 20.7 Å². The van der Waals surface area contributed by atoms with Gasteiger partial charge in [0.15, 0.2) is 5.75 Å². The van der Waals surface area contributed by atoms with E-state index in [9.17, 15) is 14.4 Å². The maximum Gasteiger partial charge on any atom is 0.323 e. The van der Waals surface area contributed by atoms with Crippen molar-refractivity contribution < 1.29 is 19.1 Å². The number of nitrogens with one attached hydrogen (secondary N) is 3. The highest BCUT2D eigenvalue weighted by Crippen LogP contribution is 2.39. The Morgan fingerprint density at radius 2 is 1.55 bits per heavy atom. The monoisotopic (exact) mass is 654 g/mol. The van der Waals surface area contributed by atoms with E-state index in [0.717, 1.165) is 64.3 Å². The number of hydrogen-bond acceptors (Lipinski definition) is 7. The number of nitrogens with zero attached hydrogens (tertiary/aromatic N) is 3. The second-order valence-corrected chi connectivity index (χ2v) is 13.9. The molecular weight excluding hydrogens is 613 g/mol. The summed E-state index contributed by atoms with van der Waals surface area (Å²) in [4.78, 5) is 46.8. The number of benzene rings is 3. The summed E-state index contributed by atoms with van der Waals surface area (Å²) in [6, 6.07) is 19.1. The van der Waals surface area contributed by atoms with Gasteiger partial charge in [0.05, 0.1) is 29.9 Å². The number of thioether (sulfide) groups is 1. The number of carbonyl (C=O) groups is 3. The number of hydrogen-bond donors (Lipinski definition) is 3. The number of rotatable bonds is 7. The van der Waals surface area contributed by atoms with Crippen LogP contribution in [-0.2, 0) is 21.5 Å². The van der Waals surface area contributed by atoms with Crippen LogP contribution in [0.5, 0.6) is 5.75 Å². The Morgan fingerprint density at radius 1 is 0.894 bits per heavy atom. The number of aromatic nitrogens is 1. The van der Waals surface area contributed by atoms with Crippen LogP contribution in [0.25, 0.3) is 21.9 Å². The Kier molecular flexibility index (Phi) is 10.4. The van der Waals surface area contributed by atoms with Crippen LogP contribution in [0.4, 0.5) is 21.9 Å². The minimum Gasteiger partial charge on any atom is -0.492 e. The third-order valence-corrected chi connectivity index (χ3v) is 9.00. The maximum atomic E-state index is 13.5. The quantitative estimate of drug-likeness (QED) is 0.197. The molecule has 1 saturated heterocycles. The summed E-state index contributed by atoms with van der Waals surface area (Å²) in [5.74, 6) is 1.03. The van der Waals surface area contributed by atoms with Gasteiger partial charge >= 0.3 is 17.8 Å². The number of ether oxygens (including phenoxy) is 1. The van der Waals surface area contributed by atoms with Crippen LogP contribution in [-0.4, -0.2) is 78.4 Å². The summed E-state index contributed by atoms with van der Waals surface area (Å²) in [5.41, 5.74) is 4.82. The molecule has 1 aliphatic heterocycles. The molecule has 3 N–H and O–H groups in total. The fraction of sp³-hybridized carbons (Fsp3) is 0.333. The van der Waals surface area contributed by atoms with E-state index in [-0.39, 0.29) is 16.9 Å². The van der Waals surface area contributed by atoms with Crippen LogP contribution in [0.2, 0.25) is 0 Å². The SMILES string of the molecule is COc1c(NC(=O)Nc2ccc(-c3ccc(CN4CCSCC4)nc3)c3ccccc23)cc(C(C)(C)C)cc1NC(=O)C(=O)N(C)C. The Bertz CT molecular complexity index is 1780. The zero-order valence-electron chi connectivity index (χ0n) is 27.8. The first-order chi connectivity index (χ1) is 22.4. The Balaban J connectivity index is 1.40. The van der Waals surface area contributed by atoms with E-state index in [1.165, 1.54) is 26.1 Å². The molecule has 3 aromatic carbocycles. The number of amides is 4. The molecule has 10 nitrogen and oxygen atoms in total. The molecule has 1 fully saturated rings. The van der Waals surface area contributed by atoms with E-state index >= 15 is 0 Å². The van der Waals surface area contributed by atoms with Gasteiger partial charge in [-0.3, -0.25) is 19.5 Å². The van der Waals surface area contributed by atoms with Crippen molar-refractivity contribution in [1.29, 1.82) is 0 Å². The highest BCUT2D eigenvalue weighted by Gasteiger charge is 2.24. The number of likely N-dealkylation sites (N-methyl/N-ethyl adjacent to an activating group) is 1. The molecule has 0 bridgehead atoms. The van der Waals surface area contributed by atoms with Gasteiger partial charge in [-0.2, -0.15) is 11.8 Å². The zero-order valence-corrected chi connectivity index (χ0v) is 28.6. The Labute approximate surface area is 280 Å². The lowest BCUT2D eigenvalue weighted by Gasteiger charge is -2.25. The molecule has 0 saturated carbocycles. The average molecular weight is 655 g/mol. The van der Waals surface area contributed by atoms with Crippen molar-refractivity contribution in [2.24, 2.45) is 0 Å². The predicted molar refractivity (Wildman–Crippen MR) is 191 cm³/mol. The van der Waals surface area contributed by atoms with Gasteiger partial charge in [-0.1, -0.05) is 57.2 Å². The minimum atomic E-state index is -0.813. The predicted octanol–water partition coefficient (Wildman–Crippen LogP) is 6.43. The molecule has 0 aliphatic carbocycles. The van der Waals surface area contributed by atoms with Crippen LogP contribution in [0.1, 0.15) is 32.0 Å². The van der Waals surface area contributed by atoms with Gasteiger partial charge in [0.2, 0.25) is 0 Å². The van der Waals surface area contributed by atoms with Crippen molar-refractivity contribution in [3.8, 4) is 16.9 Å². The van der Waals surface area contributed by atoms with Crippen molar-refractivity contribution in [2.45, 2.75) is 32.7 Å². The van der Waals surface area contributed by atoms with E-state index in [0.29, 0.717) is 11.4 Å². The van der Waals surface area contributed by atoms with Crippen molar-refractivity contribution in [3.63, 3.8) is 0 Å². The molecule has 0 atom stereocenters. The first kappa shape index (κ1) is 33.7. The van der Waals surface area contributed by atoms with Crippen molar-refractivity contribution in [3.05, 3.63) is 78.1 Å². The second-order valence-electron chi connectivity index (χ2n) is 12.7. The molecule has 2 heterocycles. The Morgan fingerprint density at radius 3 is 2.17 bits per heavy atom. The Hall–Kier alpha value is -4.61. The van der Waals surface area contributed by atoms with Crippen LogP contribution >= 0.6 is 11.8 Å². The van der Waals surface area contributed by atoms with Gasteiger partial charge in [-0.25, -0.2) is 4.79 Å². The van der Waals surface area contributed by atoms with E-state index < -0.39 is 17.8 Å². The van der Waals surface area contributed by atoms with Crippen molar-refractivity contribution >= 4 is 57.4 Å². The molecule has 0 spiro atoms. The molecule has 47 heavy (non-hydrogen) atoms. The fourth-order valence-corrected chi connectivity index (χ4v) is 6.43. The lowest BCUT2D eigenvalue weighted by Crippen LogP contribution is -2.34. The highest BCUT2D eigenvalue weighted by atomic mass is 32.2. The first-order valence-corrected chi connectivity index (χ1v) is 16.7. The number of fused-ring (bicyclic) bond motifs is 1. The lowest BCUT2D eigenvalue weighted by atomic mass is 9.86. The number of carbonyl (C=O) groups excluding carboxylic acids is 3. The van der Waals surface area contributed by atoms with Gasteiger partial charge in [0, 0.05) is 62.4 Å². The van der Waals surface area contributed by atoms with E-state index in [1.54, 1.807) is 6.07 Å². The third kappa shape index (κ3) is 8.04. The molecule has 4 amide bonds. The number of anilines is 3. The van der Waals surface area contributed by atoms with Crippen molar-refractivity contribution in [2.75, 3.05) is 61.8 Å². The summed E-state index contributed by atoms with van der Waals surface area (Å²) in [7, 11) is 4.45. The van der Waals surface area contributed by atoms with Gasteiger partial charge in [0.25, 0.3) is 0 Å². The summed E-state index contributed by atoms with van der Waals surface area (Å²) in [6.45, 7) is 9.07.